The molecule has 1 aromatic heterocycles. The molecule has 126 valence electrons. The summed E-state index contributed by atoms with van der Waals surface area (Å²) in [5.74, 6) is 0.651. The van der Waals surface area contributed by atoms with E-state index in [-0.39, 0.29) is 18.0 Å². The largest absolute Gasteiger partial charge is 0.493 e. The minimum absolute atomic E-state index is 0.0282. The highest BCUT2D eigenvalue weighted by molar-refractivity contribution is 5.43. The molecule has 1 atom stereocenters. The Labute approximate surface area is 132 Å². The van der Waals surface area contributed by atoms with E-state index in [2.05, 4.69) is 10.1 Å². The predicted molar refractivity (Wildman–Crippen MR) is 79.6 cm³/mol. The first-order chi connectivity index (χ1) is 10.9. The van der Waals surface area contributed by atoms with Crippen LogP contribution in [0.4, 0.5) is 8.78 Å². The van der Waals surface area contributed by atoms with Gasteiger partial charge in [0.1, 0.15) is 11.4 Å². The highest BCUT2D eigenvalue weighted by atomic mass is 19.3. The van der Waals surface area contributed by atoms with Gasteiger partial charge < -0.3 is 24.3 Å². The summed E-state index contributed by atoms with van der Waals surface area (Å²) in [4.78, 5) is 0. The molecule has 2 N–H and O–H groups in total. The number of ether oxygens (including phenoxy) is 2. The van der Waals surface area contributed by atoms with E-state index in [1.165, 1.54) is 19.4 Å². The van der Waals surface area contributed by atoms with Crippen molar-refractivity contribution in [2.24, 2.45) is 0 Å². The molecule has 7 heteroatoms. The normalized spacial score (nSPS) is 13.8. The first kappa shape index (κ1) is 17.2. The van der Waals surface area contributed by atoms with Crippen LogP contribution in [0.5, 0.6) is 11.5 Å². The van der Waals surface area contributed by atoms with Crippen LogP contribution in [0.2, 0.25) is 0 Å². The van der Waals surface area contributed by atoms with Crippen molar-refractivity contribution in [2.75, 3.05) is 13.7 Å². The van der Waals surface area contributed by atoms with Gasteiger partial charge in [0.25, 0.3) is 0 Å². The van der Waals surface area contributed by atoms with Crippen LogP contribution in [0.3, 0.4) is 0 Å². The molecule has 0 aliphatic carbocycles. The molecule has 0 aliphatic rings. The van der Waals surface area contributed by atoms with Crippen molar-refractivity contribution in [3.05, 3.63) is 47.9 Å². The van der Waals surface area contributed by atoms with Gasteiger partial charge in [0.05, 0.1) is 13.4 Å². The summed E-state index contributed by atoms with van der Waals surface area (Å²) in [6.07, 6.45) is 1.49. The number of furan rings is 1. The molecule has 0 fully saturated rings. The fraction of sp³-hybridized carbons (Fsp3) is 0.375. The lowest BCUT2D eigenvalue weighted by atomic mass is 10.0. The fourth-order valence-corrected chi connectivity index (χ4v) is 2.14. The lowest BCUT2D eigenvalue weighted by Gasteiger charge is -2.21. The first-order valence-corrected chi connectivity index (χ1v) is 7.01. The second kappa shape index (κ2) is 7.43. The van der Waals surface area contributed by atoms with E-state index < -0.39 is 12.2 Å². The Morgan fingerprint density at radius 2 is 2.09 bits per heavy atom. The Morgan fingerprint density at radius 1 is 1.30 bits per heavy atom. The maximum Gasteiger partial charge on any atom is 0.387 e. The molecular formula is C16H19F2NO4. The van der Waals surface area contributed by atoms with Crippen LogP contribution in [0.1, 0.15) is 18.2 Å². The van der Waals surface area contributed by atoms with Crippen LogP contribution in [-0.2, 0) is 12.1 Å². The summed E-state index contributed by atoms with van der Waals surface area (Å²) < 4.78 is 39.4. The summed E-state index contributed by atoms with van der Waals surface area (Å²) in [5.41, 5.74) is -0.449. The van der Waals surface area contributed by atoms with E-state index in [4.69, 9.17) is 9.15 Å². The lowest BCUT2D eigenvalue weighted by molar-refractivity contribution is -0.0512. The standard InChI is InChI=1S/C16H19F2NO4/c1-16(20,14-4-3-7-22-14)10-19-9-11-5-6-12(21-2)13(8-11)23-15(17)18/h3-8,15,19-20H,9-10H2,1-2H3. The average Bonchev–Trinajstić information content (AvgIpc) is 3.02. The van der Waals surface area contributed by atoms with E-state index >= 15 is 0 Å². The SMILES string of the molecule is COc1ccc(CNCC(C)(O)c2ccco2)cc1OC(F)F. The highest BCUT2D eigenvalue weighted by Crippen LogP contribution is 2.29. The third kappa shape index (κ3) is 4.67. The summed E-state index contributed by atoms with van der Waals surface area (Å²) in [6.45, 7) is -0.706. The van der Waals surface area contributed by atoms with E-state index in [1.54, 1.807) is 31.2 Å². The summed E-state index contributed by atoms with van der Waals surface area (Å²) in [7, 11) is 1.38. The second-order valence-electron chi connectivity index (χ2n) is 5.22. The summed E-state index contributed by atoms with van der Waals surface area (Å²) >= 11 is 0. The van der Waals surface area contributed by atoms with Gasteiger partial charge in [-0.3, -0.25) is 0 Å². The quantitative estimate of drug-likeness (QED) is 0.780. The number of benzene rings is 1. The Hall–Kier alpha value is -2.12. The van der Waals surface area contributed by atoms with E-state index in [1.807, 2.05) is 0 Å². The second-order valence-corrected chi connectivity index (χ2v) is 5.22. The molecule has 5 nitrogen and oxygen atoms in total. The van der Waals surface area contributed by atoms with Gasteiger partial charge in [-0.25, -0.2) is 0 Å². The van der Waals surface area contributed by atoms with Crippen molar-refractivity contribution >= 4 is 0 Å². The smallest absolute Gasteiger partial charge is 0.387 e. The third-order valence-electron chi connectivity index (χ3n) is 3.29. The topological polar surface area (TPSA) is 63.9 Å². The van der Waals surface area contributed by atoms with E-state index in [0.717, 1.165) is 5.56 Å². The van der Waals surface area contributed by atoms with E-state index in [9.17, 15) is 13.9 Å². The zero-order valence-corrected chi connectivity index (χ0v) is 12.9. The van der Waals surface area contributed by atoms with Gasteiger partial charge in [0.2, 0.25) is 0 Å². The highest BCUT2D eigenvalue weighted by Gasteiger charge is 2.25. The fourth-order valence-electron chi connectivity index (χ4n) is 2.14. The van der Waals surface area contributed by atoms with E-state index in [0.29, 0.717) is 12.3 Å². The Bertz CT molecular complexity index is 615. The molecule has 1 unspecified atom stereocenters. The lowest BCUT2D eigenvalue weighted by Crippen LogP contribution is -2.34. The monoisotopic (exact) mass is 327 g/mol. The van der Waals surface area contributed by atoms with Gasteiger partial charge in [-0.1, -0.05) is 6.07 Å². The maximum atomic E-state index is 12.4. The van der Waals surface area contributed by atoms with Gasteiger partial charge in [0, 0.05) is 13.1 Å². The van der Waals surface area contributed by atoms with Gasteiger partial charge in [-0.05, 0) is 36.8 Å². The van der Waals surface area contributed by atoms with Gasteiger partial charge in [-0.2, -0.15) is 8.78 Å². The Kier molecular flexibility index (Phi) is 5.57. The zero-order chi connectivity index (χ0) is 16.9. The van der Waals surface area contributed by atoms with Crippen LogP contribution in [-0.4, -0.2) is 25.4 Å². The number of halogens is 2. The number of methoxy groups -OCH3 is 1. The van der Waals surface area contributed by atoms with Crippen molar-refractivity contribution in [1.29, 1.82) is 0 Å². The summed E-state index contributed by atoms with van der Waals surface area (Å²) in [6, 6.07) is 8.13. The zero-order valence-electron chi connectivity index (χ0n) is 12.9. The van der Waals surface area contributed by atoms with Crippen molar-refractivity contribution in [2.45, 2.75) is 25.7 Å². The van der Waals surface area contributed by atoms with Crippen LogP contribution < -0.4 is 14.8 Å². The number of hydrogen-bond donors (Lipinski definition) is 2. The van der Waals surface area contributed by atoms with Crippen molar-refractivity contribution in [3.63, 3.8) is 0 Å². The molecule has 0 spiro atoms. The van der Waals surface area contributed by atoms with Crippen molar-refractivity contribution in [1.82, 2.24) is 5.32 Å². The molecule has 2 rings (SSSR count). The van der Waals surface area contributed by atoms with Gasteiger partial charge >= 0.3 is 6.61 Å². The molecule has 0 radical (unpaired) electrons. The molecule has 0 saturated carbocycles. The number of rotatable bonds is 8. The number of alkyl halides is 2. The molecule has 2 aromatic rings. The third-order valence-corrected chi connectivity index (χ3v) is 3.29. The number of hydrogen-bond acceptors (Lipinski definition) is 5. The average molecular weight is 327 g/mol. The van der Waals surface area contributed by atoms with Gasteiger partial charge in [0.15, 0.2) is 11.5 Å². The van der Waals surface area contributed by atoms with Crippen LogP contribution in [0.15, 0.2) is 41.0 Å². The minimum Gasteiger partial charge on any atom is -0.493 e. The van der Waals surface area contributed by atoms with Crippen LogP contribution in [0, 0.1) is 0 Å². The molecule has 0 bridgehead atoms. The molecule has 0 aliphatic heterocycles. The number of nitrogens with one attached hydrogen (secondary N) is 1. The molecule has 1 heterocycles. The Morgan fingerprint density at radius 3 is 2.70 bits per heavy atom. The van der Waals surface area contributed by atoms with Crippen molar-refractivity contribution in [3.8, 4) is 11.5 Å². The van der Waals surface area contributed by atoms with Gasteiger partial charge in [-0.15, -0.1) is 0 Å². The molecule has 0 amide bonds. The predicted octanol–water partition coefficient (Wildman–Crippen LogP) is 2.89. The Balaban J connectivity index is 1.98. The molecular weight excluding hydrogens is 308 g/mol. The molecule has 0 saturated heterocycles. The minimum atomic E-state index is -2.92. The van der Waals surface area contributed by atoms with Crippen molar-refractivity contribution < 1.29 is 27.8 Å². The maximum absolute atomic E-state index is 12.4. The van der Waals surface area contributed by atoms with Crippen LogP contribution >= 0.6 is 0 Å². The number of aliphatic hydroxyl groups is 1. The summed E-state index contributed by atoms with van der Waals surface area (Å²) in [5, 5.41) is 13.4. The molecule has 23 heavy (non-hydrogen) atoms. The van der Waals surface area contributed by atoms with Crippen LogP contribution in [0.25, 0.3) is 0 Å². The molecule has 1 aromatic carbocycles. The first-order valence-electron chi connectivity index (χ1n) is 7.01.